The molecular weight excluding hydrogens is 284 g/mol. The highest BCUT2D eigenvalue weighted by atomic mass is 16.5. The summed E-state index contributed by atoms with van der Waals surface area (Å²) in [6, 6.07) is 13.2. The number of hydrogen-bond acceptors (Lipinski definition) is 5. The average molecular weight is 300 g/mol. The van der Waals surface area contributed by atoms with E-state index in [1.165, 1.54) is 19.4 Å². The number of hydrogen-bond donors (Lipinski definition) is 3. The Morgan fingerprint density at radius 3 is 2.64 bits per heavy atom. The number of phenols is 1. The number of aromatic hydroxyl groups is 1. The zero-order valence-electron chi connectivity index (χ0n) is 11.9. The smallest absolute Gasteiger partial charge is 0.273 e. The maximum atomic E-state index is 11.8. The predicted octanol–water partition coefficient (Wildman–Crippen LogP) is 1.58. The number of ether oxygens (including phenoxy) is 1. The lowest BCUT2D eigenvalue weighted by Gasteiger charge is -2.08. The number of aliphatic hydroxyl groups excluding tert-OH is 1. The molecule has 0 aliphatic rings. The molecule has 114 valence electrons. The largest absolute Gasteiger partial charge is 0.507 e. The minimum Gasteiger partial charge on any atom is -0.507 e. The zero-order valence-corrected chi connectivity index (χ0v) is 11.9. The Hall–Kier alpha value is -2.86. The summed E-state index contributed by atoms with van der Waals surface area (Å²) in [5.74, 6) is -0.172. The van der Waals surface area contributed by atoms with Gasteiger partial charge in [0.25, 0.3) is 5.91 Å². The van der Waals surface area contributed by atoms with E-state index < -0.39 is 12.0 Å². The van der Waals surface area contributed by atoms with Crippen molar-refractivity contribution in [3.05, 3.63) is 59.7 Å². The summed E-state index contributed by atoms with van der Waals surface area (Å²) in [5, 5.41) is 23.3. The molecule has 0 aliphatic carbocycles. The first kappa shape index (κ1) is 15.5. The number of benzene rings is 2. The molecule has 6 heteroatoms. The SMILES string of the molecule is COc1ccc(/C=N\NC(=O)[C@@H](O)c2ccccc2)c(O)c1. The van der Waals surface area contributed by atoms with Gasteiger partial charge in [-0.25, -0.2) is 5.43 Å². The number of hydrazone groups is 1. The molecule has 22 heavy (non-hydrogen) atoms. The highest BCUT2D eigenvalue weighted by Crippen LogP contribution is 2.21. The van der Waals surface area contributed by atoms with Gasteiger partial charge in [0.05, 0.1) is 13.3 Å². The van der Waals surface area contributed by atoms with Gasteiger partial charge in [-0.3, -0.25) is 4.79 Å². The van der Waals surface area contributed by atoms with E-state index in [0.29, 0.717) is 16.9 Å². The van der Waals surface area contributed by atoms with E-state index in [4.69, 9.17) is 4.74 Å². The second-order valence-electron chi connectivity index (χ2n) is 4.47. The first-order valence-corrected chi connectivity index (χ1v) is 6.54. The summed E-state index contributed by atoms with van der Waals surface area (Å²) in [6.45, 7) is 0. The number of methoxy groups -OCH3 is 1. The molecular formula is C16H16N2O4. The molecule has 2 aromatic carbocycles. The summed E-state index contributed by atoms with van der Waals surface area (Å²) in [4.78, 5) is 11.8. The number of amides is 1. The molecule has 0 saturated heterocycles. The van der Waals surface area contributed by atoms with Gasteiger partial charge in [-0.1, -0.05) is 30.3 Å². The Labute approximate surface area is 127 Å². The molecule has 0 fully saturated rings. The molecule has 0 aliphatic heterocycles. The Bertz CT molecular complexity index is 671. The Kier molecular flexibility index (Phi) is 5.11. The normalized spacial score (nSPS) is 12.1. The topological polar surface area (TPSA) is 91.2 Å². The summed E-state index contributed by atoms with van der Waals surface area (Å²) < 4.78 is 4.97. The summed E-state index contributed by atoms with van der Waals surface area (Å²) in [6.07, 6.45) is -0.0208. The molecule has 0 radical (unpaired) electrons. The van der Waals surface area contributed by atoms with Crippen LogP contribution in [-0.4, -0.2) is 29.4 Å². The minimum absolute atomic E-state index is 0.0269. The van der Waals surface area contributed by atoms with Crippen LogP contribution in [0.4, 0.5) is 0 Å². The predicted molar refractivity (Wildman–Crippen MR) is 81.8 cm³/mol. The van der Waals surface area contributed by atoms with Gasteiger partial charge in [0.15, 0.2) is 6.10 Å². The number of phenolic OH excluding ortho intramolecular Hbond substituents is 1. The van der Waals surface area contributed by atoms with Crippen molar-refractivity contribution >= 4 is 12.1 Å². The second kappa shape index (κ2) is 7.24. The molecule has 6 nitrogen and oxygen atoms in total. The van der Waals surface area contributed by atoms with Crippen molar-refractivity contribution in [2.45, 2.75) is 6.10 Å². The Morgan fingerprint density at radius 1 is 1.27 bits per heavy atom. The molecule has 3 N–H and O–H groups in total. The lowest BCUT2D eigenvalue weighted by Crippen LogP contribution is -2.25. The highest BCUT2D eigenvalue weighted by Gasteiger charge is 2.15. The summed E-state index contributed by atoms with van der Waals surface area (Å²) in [5.41, 5.74) is 3.11. The van der Waals surface area contributed by atoms with Crippen LogP contribution in [0.25, 0.3) is 0 Å². The fourth-order valence-corrected chi connectivity index (χ4v) is 1.77. The number of nitrogens with one attached hydrogen (secondary N) is 1. The quantitative estimate of drug-likeness (QED) is 0.577. The molecule has 0 aromatic heterocycles. The number of aliphatic hydroxyl groups is 1. The van der Waals surface area contributed by atoms with Crippen LogP contribution < -0.4 is 10.2 Å². The van der Waals surface area contributed by atoms with Crippen LogP contribution in [0.3, 0.4) is 0 Å². The van der Waals surface area contributed by atoms with Crippen molar-refractivity contribution in [3.63, 3.8) is 0 Å². The molecule has 0 saturated carbocycles. The van der Waals surface area contributed by atoms with Crippen molar-refractivity contribution in [1.82, 2.24) is 5.43 Å². The van der Waals surface area contributed by atoms with Crippen molar-refractivity contribution in [2.24, 2.45) is 5.10 Å². The third kappa shape index (κ3) is 3.83. The van der Waals surface area contributed by atoms with E-state index >= 15 is 0 Å². The van der Waals surface area contributed by atoms with Gasteiger partial charge < -0.3 is 14.9 Å². The summed E-state index contributed by atoms with van der Waals surface area (Å²) in [7, 11) is 1.49. The number of nitrogens with zero attached hydrogens (tertiary/aromatic N) is 1. The number of rotatable bonds is 5. The van der Waals surface area contributed by atoms with E-state index in [9.17, 15) is 15.0 Å². The third-order valence-electron chi connectivity index (χ3n) is 2.98. The molecule has 1 amide bonds. The fourth-order valence-electron chi connectivity index (χ4n) is 1.77. The molecule has 2 aromatic rings. The van der Waals surface area contributed by atoms with Crippen LogP contribution in [0.15, 0.2) is 53.6 Å². The lowest BCUT2D eigenvalue weighted by molar-refractivity contribution is -0.129. The van der Waals surface area contributed by atoms with Crippen LogP contribution in [0.2, 0.25) is 0 Å². The average Bonchev–Trinajstić information content (AvgIpc) is 2.56. The van der Waals surface area contributed by atoms with Gasteiger partial charge in [-0.15, -0.1) is 0 Å². The van der Waals surface area contributed by atoms with Crippen LogP contribution in [0, 0.1) is 0 Å². The van der Waals surface area contributed by atoms with E-state index in [2.05, 4.69) is 10.5 Å². The van der Waals surface area contributed by atoms with Crippen molar-refractivity contribution < 1.29 is 19.7 Å². The maximum Gasteiger partial charge on any atom is 0.273 e. The minimum atomic E-state index is -1.30. The molecule has 0 spiro atoms. The van der Waals surface area contributed by atoms with E-state index in [0.717, 1.165) is 0 Å². The number of carbonyl (C=O) groups is 1. The first-order chi connectivity index (χ1) is 10.6. The first-order valence-electron chi connectivity index (χ1n) is 6.54. The van der Waals surface area contributed by atoms with Gasteiger partial charge in [0.1, 0.15) is 11.5 Å². The monoisotopic (exact) mass is 300 g/mol. The van der Waals surface area contributed by atoms with Gasteiger partial charge in [-0.05, 0) is 17.7 Å². The maximum absolute atomic E-state index is 11.8. The van der Waals surface area contributed by atoms with Crippen molar-refractivity contribution in [2.75, 3.05) is 7.11 Å². The van der Waals surface area contributed by atoms with E-state index in [-0.39, 0.29) is 5.75 Å². The lowest BCUT2D eigenvalue weighted by atomic mass is 10.1. The van der Waals surface area contributed by atoms with Crippen LogP contribution >= 0.6 is 0 Å². The van der Waals surface area contributed by atoms with Crippen molar-refractivity contribution in [1.29, 1.82) is 0 Å². The molecule has 0 heterocycles. The van der Waals surface area contributed by atoms with Crippen LogP contribution in [-0.2, 0) is 4.79 Å². The molecule has 1 atom stereocenters. The van der Waals surface area contributed by atoms with Crippen molar-refractivity contribution in [3.8, 4) is 11.5 Å². The summed E-state index contributed by atoms with van der Waals surface area (Å²) >= 11 is 0. The van der Waals surface area contributed by atoms with Gasteiger partial charge >= 0.3 is 0 Å². The van der Waals surface area contributed by atoms with Gasteiger partial charge in [0.2, 0.25) is 0 Å². The molecule has 0 bridgehead atoms. The Morgan fingerprint density at radius 2 is 2.00 bits per heavy atom. The third-order valence-corrected chi connectivity index (χ3v) is 2.98. The molecule has 0 unspecified atom stereocenters. The van der Waals surface area contributed by atoms with E-state index in [1.54, 1.807) is 42.5 Å². The second-order valence-corrected chi connectivity index (χ2v) is 4.47. The zero-order chi connectivity index (χ0) is 15.9. The highest BCUT2D eigenvalue weighted by molar-refractivity contribution is 5.86. The van der Waals surface area contributed by atoms with Crippen LogP contribution in [0.5, 0.6) is 11.5 Å². The Balaban J connectivity index is 1.99. The van der Waals surface area contributed by atoms with E-state index in [1.807, 2.05) is 0 Å². The number of carbonyl (C=O) groups excluding carboxylic acids is 1. The molecule has 2 rings (SSSR count). The standard InChI is InChI=1S/C16H16N2O4/c1-22-13-8-7-12(14(19)9-13)10-17-18-16(21)15(20)11-5-3-2-4-6-11/h2-10,15,19-20H,1H3,(H,18,21)/b17-10-/t15-/m0/s1. The fraction of sp³-hybridized carbons (Fsp3) is 0.125. The van der Waals surface area contributed by atoms with Crippen LogP contribution in [0.1, 0.15) is 17.2 Å². The van der Waals surface area contributed by atoms with Gasteiger partial charge in [-0.2, -0.15) is 5.10 Å². The van der Waals surface area contributed by atoms with Gasteiger partial charge in [0, 0.05) is 11.6 Å².